The van der Waals surface area contributed by atoms with Gasteiger partial charge in [-0.2, -0.15) is 5.26 Å². The van der Waals surface area contributed by atoms with Crippen LogP contribution in [0.4, 0.5) is 0 Å². The van der Waals surface area contributed by atoms with Gasteiger partial charge in [-0.1, -0.05) is 13.8 Å². The molecular formula is C9H12N2S. The molecule has 0 bridgehead atoms. The fourth-order valence-corrected chi connectivity index (χ4v) is 1.71. The highest BCUT2D eigenvalue weighted by molar-refractivity contribution is 7.10. The Balaban J connectivity index is 2.83. The average Bonchev–Trinajstić information content (AvgIpc) is 2.50. The highest BCUT2D eigenvalue weighted by Crippen LogP contribution is 2.23. The second-order valence-electron chi connectivity index (χ2n) is 3.13. The first-order valence-electron chi connectivity index (χ1n) is 3.89. The summed E-state index contributed by atoms with van der Waals surface area (Å²) < 4.78 is 0. The van der Waals surface area contributed by atoms with Crippen LogP contribution in [0.25, 0.3) is 0 Å². The maximum Gasteiger partial charge on any atom is 0.110 e. The molecular weight excluding hydrogens is 168 g/mol. The third kappa shape index (κ3) is 1.84. The molecule has 0 aliphatic carbocycles. The molecule has 2 N–H and O–H groups in total. The Morgan fingerprint density at radius 2 is 2.25 bits per heavy atom. The fourth-order valence-electron chi connectivity index (χ4n) is 0.969. The quantitative estimate of drug-likeness (QED) is 0.759. The highest BCUT2D eigenvalue weighted by Gasteiger charge is 2.11. The van der Waals surface area contributed by atoms with E-state index < -0.39 is 0 Å². The Labute approximate surface area is 76.6 Å². The molecule has 0 fully saturated rings. The van der Waals surface area contributed by atoms with Crippen molar-refractivity contribution in [2.75, 3.05) is 0 Å². The molecule has 1 atom stereocenters. The van der Waals surface area contributed by atoms with Crippen LogP contribution in [0.5, 0.6) is 0 Å². The second kappa shape index (κ2) is 3.70. The number of nitrogens with zero attached hydrogens (tertiary/aromatic N) is 1. The fraction of sp³-hybridized carbons (Fsp3) is 0.444. The first-order chi connectivity index (χ1) is 5.65. The lowest BCUT2D eigenvalue weighted by molar-refractivity contribution is 0.515. The lowest BCUT2D eigenvalue weighted by atomic mass is 10.00. The molecule has 1 heterocycles. The molecule has 0 unspecified atom stereocenters. The van der Waals surface area contributed by atoms with Crippen molar-refractivity contribution in [3.8, 4) is 6.07 Å². The summed E-state index contributed by atoms with van der Waals surface area (Å²) in [5.41, 5.74) is 6.98. The van der Waals surface area contributed by atoms with Crippen molar-refractivity contribution in [1.82, 2.24) is 0 Å². The maximum absolute atomic E-state index is 8.59. The van der Waals surface area contributed by atoms with Gasteiger partial charge in [-0.05, 0) is 22.9 Å². The molecule has 0 spiro atoms. The van der Waals surface area contributed by atoms with Crippen LogP contribution >= 0.6 is 11.3 Å². The number of nitriles is 1. The van der Waals surface area contributed by atoms with Gasteiger partial charge in [-0.25, -0.2) is 0 Å². The number of hydrogen-bond donors (Lipinski definition) is 1. The smallest absolute Gasteiger partial charge is 0.110 e. The van der Waals surface area contributed by atoms with E-state index in [1.807, 2.05) is 11.4 Å². The van der Waals surface area contributed by atoms with Gasteiger partial charge in [0.05, 0.1) is 0 Å². The van der Waals surface area contributed by atoms with E-state index in [9.17, 15) is 0 Å². The lowest BCUT2D eigenvalue weighted by Gasteiger charge is -2.13. The summed E-state index contributed by atoms with van der Waals surface area (Å²) in [6.07, 6.45) is 0. The van der Waals surface area contributed by atoms with Crippen LogP contribution in [0.2, 0.25) is 0 Å². The SMILES string of the molecule is CC(C)[C@@H](N)c1csc(C#N)c1. The zero-order valence-electron chi connectivity index (χ0n) is 7.24. The van der Waals surface area contributed by atoms with E-state index in [0.29, 0.717) is 5.92 Å². The minimum atomic E-state index is 0.0587. The zero-order valence-corrected chi connectivity index (χ0v) is 8.06. The molecule has 64 valence electrons. The van der Waals surface area contributed by atoms with Crippen molar-refractivity contribution in [3.05, 3.63) is 21.9 Å². The Kier molecular flexibility index (Phi) is 2.85. The highest BCUT2D eigenvalue weighted by atomic mass is 32.1. The van der Waals surface area contributed by atoms with Crippen molar-refractivity contribution >= 4 is 11.3 Å². The van der Waals surface area contributed by atoms with Crippen molar-refractivity contribution in [1.29, 1.82) is 5.26 Å². The van der Waals surface area contributed by atoms with Crippen LogP contribution in [0.1, 0.15) is 30.3 Å². The van der Waals surface area contributed by atoms with E-state index in [1.165, 1.54) is 11.3 Å². The maximum atomic E-state index is 8.59. The summed E-state index contributed by atoms with van der Waals surface area (Å²) in [4.78, 5) is 0.737. The molecule has 2 nitrogen and oxygen atoms in total. The van der Waals surface area contributed by atoms with Crippen molar-refractivity contribution in [3.63, 3.8) is 0 Å². The summed E-state index contributed by atoms with van der Waals surface area (Å²) in [5.74, 6) is 0.422. The minimum Gasteiger partial charge on any atom is -0.324 e. The van der Waals surface area contributed by atoms with E-state index in [0.717, 1.165) is 10.4 Å². The van der Waals surface area contributed by atoms with E-state index in [2.05, 4.69) is 19.9 Å². The molecule has 3 heteroatoms. The first kappa shape index (κ1) is 9.24. The minimum absolute atomic E-state index is 0.0587. The molecule has 0 radical (unpaired) electrons. The molecule has 1 aromatic heterocycles. The summed E-state index contributed by atoms with van der Waals surface area (Å²) in [5, 5.41) is 10.6. The second-order valence-corrected chi connectivity index (χ2v) is 4.04. The predicted octanol–water partition coefficient (Wildman–Crippen LogP) is 2.28. The normalized spacial score (nSPS) is 12.9. The van der Waals surface area contributed by atoms with Gasteiger partial charge in [0, 0.05) is 6.04 Å². The van der Waals surface area contributed by atoms with Crippen LogP contribution < -0.4 is 5.73 Å². The number of hydrogen-bond acceptors (Lipinski definition) is 3. The standard InChI is InChI=1S/C9H12N2S/c1-6(2)9(11)7-3-8(4-10)12-5-7/h3,5-6,9H,11H2,1-2H3/t9-/m1/s1. The topological polar surface area (TPSA) is 49.8 Å². The van der Waals surface area contributed by atoms with E-state index in [1.54, 1.807) is 0 Å². The molecule has 1 aromatic rings. The summed E-state index contributed by atoms with van der Waals surface area (Å²) in [7, 11) is 0. The van der Waals surface area contributed by atoms with Gasteiger partial charge in [-0.3, -0.25) is 0 Å². The number of rotatable bonds is 2. The molecule has 0 amide bonds. The van der Waals surface area contributed by atoms with Gasteiger partial charge < -0.3 is 5.73 Å². The van der Waals surface area contributed by atoms with Gasteiger partial charge in [0.15, 0.2) is 0 Å². The third-order valence-corrected chi connectivity index (χ3v) is 2.69. The third-order valence-electron chi connectivity index (χ3n) is 1.83. The van der Waals surface area contributed by atoms with Crippen LogP contribution in [0, 0.1) is 17.2 Å². The molecule has 0 saturated carbocycles. The Morgan fingerprint density at radius 1 is 1.58 bits per heavy atom. The summed E-state index contributed by atoms with van der Waals surface area (Å²) in [6.45, 7) is 4.16. The predicted molar refractivity (Wildman–Crippen MR) is 50.8 cm³/mol. The number of nitrogens with two attached hydrogens (primary N) is 1. The molecule has 1 rings (SSSR count). The summed E-state index contributed by atoms with van der Waals surface area (Å²) in [6, 6.07) is 4.03. The summed E-state index contributed by atoms with van der Waals surface area (Å²) >= 11 is 1.45. The van der Waals surface area contributed by atoms with Gasteiger partial charge >= 0.3 is 0 Å². The van der Waals surface area contributed by atoms with Crippen LogP contribution in [0.15, 0.2) is 11.4 Å². The van der Waals surface area contributed by atoms with E-state index >= 15 is 0 Å². The Hall–Kier alpha value is -0.850. The van der Waals surface area contributed by atoms with Gasteiger partial charge in [0.1, 0.15) is 10.9 Å². The molecule has 12 heavy (non-hydrogen) atoms. The Morgan fingerprint density at radius 3 is 2.67 bits per heavy atom. The molecule has 0 aliphatic heterocycles. The van der Waals surface area contributed by atoms with Crippen molar-refractivity contribution in [2.24, 2.45) is 11.7 Å². The zero-order chi connectivity index (χ0) is 9.14. The monoisotopic (exact) mass is 180 g/mol. The Bertz CT molecular complexity index is 296. The van der Waals surface area contributed by atoms with Gasteiger partial charge in [0.25, 0.3) is 0 Å². The van der Waals surface area contributed by atoms with Gasteiger partial charge in [-0.15, -0.1) is 11.3 Å². The molecule has 0 saturated heterocycles. The van der Waals surface area contributed by atoms with Crippen LogP contribution in [-0.4, -0.2) is 0 Å². The van der Waals surface area contributed by atoms with E-state index in [4.69, 9.17) is 11.0 Å². The van der Waals surface area contributed by atoms with Crippen molar-refractivity contribution < 1.29 is 0 Å². The lowest BCUT2D eigenvalue weighted by Crippen LogP contribution is -2.15. The largest absolute Gasteiger partial charge is 0.324 e. The number of thiophene rings is 1. The first-order valence-corrected chi connectivity index (χ1v) is 4.77. The average molecular weight is 180 g/mol. The van der Waals surface area contributed by atoms with Crippen LogP contribution in [-0.2, 0) is 0 Å². The van der Waals surface area contributed by atoms with Gasteiger partial charge in [0.2, 0.25) is 0 Å². The van der Waals surface area contributed by atoms with Crippen molar-refractivity contribution in [2.45, 2.75) is 19.9 Å². The van der Waals surface area contributed by atoms with Crippen LogP contribution in [0.3, 0.4) is 0 Å². The molecule has 0 aromatic carbocycles. The van der Waals surface area contributed by atoms with E-state index in [-0.39, 0.29) is 6.04 Å². The molecule has 0 aliphatic rings.